The first-order valence-corrected chi connectivity index (χ1v) is 7.52. The smallest absolute Gasteiger partial charge is 0.160 e. The summed E-state index contributed by atoms with van der Waals surface area (Å²) in [5.74, 6) is -0.275. The van der Waals surface area contributed by atoms with Crippen molar-refractivity contribution in [2.75, 3.05) is 18.1 Å². The Hall–Kier alpha value is -0.650. The highest BCUT2D eigenvalue weighted by atomic mass is 79.9. The van der Waals surface area contributed by atoms with Crippen LogP contribution in [0.5, 0.6) is 0 Å². The molecule has 1 saturated heterocycles. The fourth-order valence-electron chi connectivity index (χ4n) is 2.64. The van der Waals surface area contributed by atoms with Crippen molar-refractivity contribution in [2.24, 2.45) is 5.73 Å². The standard InChI is InChI=1S/C14H20BrFN2O/c15-13-10(8-17)5-6-12(14(13)16)18-7-3-1-2-4-11(18)9-19/h5-6,11,19H,1-4,7-9,17H2. The Kier molecular flexibility index (Phi) is 5.19. The first-order valence-electron chi connectivity index (χ1n) is 6.73. The van der Waals surface area contributed by atoms with Gasteiger partial charge in [0.15, 0.2) is 5.82 Å². The number of nitrogens with zero attached hydrogens (tertiary/aromatic N) is 1. The van der Waals surface area contributed by atoms with Crippen LogP contribution in [0.15, 0.2) is 16.6 Å². The minimum Gasteiger partial charge on any atom is -0.394 e. The molecule has 0 amide bonds. The summed E-state index contributed by atoms with van der Waals surface area (Å²) in [5, 5.41) is 9.51. The number of rotatable bonds is 3. The predicted octanol–water partition coefficient (Wildman–Crippen LogP) is 2.79. The molecule has 0 bridgehead atoms. The van der Waals surface area contributed by atoms with E-state index in [-0.39, 0.29) is 18.5 Å². The van der Waals surface area contributed by atoms with Crippen molar-refractivity contribution in [1.29, 1.82) is 0 Å². The minimum atomic E-state index is -0.275. The Morgan fingerprint density at radius 2 is 2.16 bits per heavy atom. The maximum Gasteiger partial charge on any atom is 0.160 e. The van der Waals surface area contributed by atoms with Gasteiger partial charge in [0.1, 0.15) is 0 Å². The molecule has 5 heteroatoms. The van der Waals surface area contributed by atoms with Crippen molar-refractivity contribution in [3.8, 4) is 0 Å². The molecule has 3 N–H and O–H groups in total. The van der Waals surface area contributed by atoms with Crippen molar-refractivity contribution in [3.63, 3.8) is 0 Å². The van der Waals surface area contributed by atoms with E-state index in [1.807, 2.05) is 11.0 Å². The topological polar surface area (TPSA) is 49.5 Å². The number of aliphatic hydroxyl groups is 1. The minimum absolute atomic E-state index is 0.00706. The van der Waals surface area contributed by atoms with E-state index in [2.05, 4.69) is 15.9 Å². The summed E-state index contributed by atoms with van der Waals surface area (Å²) in [4.78, 5) is 1.99. The van der Waals surface area contributed by atoms with Crippen LogP contribution < -0.4 is 10.6 Å². The lowest BCUT2D eigenvalue weighted by Gasteiger charge is -2.31. The zero-order chi connectivity index (χ0) is 13.8. The second kappa shape index (κ2) is 6.68. The third-order valence-electron chi connectivity index (χ3n) is 3.76. The molecule has 19 heavy (non-hydrogen) atoms. The molecule has 1 fully saturated rings. The average molecular weight is 331 g/mol. The van der Waals surface area contributed by atoms with E-state index in [0.29, 0.717) is 16.7 Å². The molecule has 1 aromatic carbocycles. The number of aliphatic hydroxyl groups excluding tert-OH is 1. The molecule has 0 aromatic heterocycles. The average Bonchev–Trinajstić information content (AvgIpc) is 2.67. The van der Waals surface area contributed by atoms with Crippen LogP contribution in [0.3, 0.4) is 0 Å². The second-order valence-electron chi connectivity index (χ2n) is 4.96. The molecule has 1 aliphatic rings. The van der Waals surface area contributed by atoms with Crippen molar-refractivity contribution in [3.05, 3.63) is 28.0 Å². The van der Waals surface area contributed by atoms with E-state index in [9.17, 15) is 9.50 Å². The molecule has 1 aromatic rings. The van der Waals surface area contributed by atoms with Gasteiger partial charge in [-0.15, -0.1) is 0 Å². The highest BCUT2D eigenvalue weighted by Gasteiger charge is 2.24. The van der Waals surface area contributed by atoms with Gasteiger partial charge in [-0.25, -0.2) is 4.39 Å². The van der Waals surface area contributed by atoms with Gasteiger partial charge < -0.3 is 15.7 Å². The number of anilines is 1. The van der Waals surface area contributed by atoms with Crippen LogP contribution in [0.1, 0.15) is 31.2 Å². The van der Waals surface area contributed by atoms with Crippen LogP contribution in [-0.4, -0.2) is 24.3 Å². The van der Waals surface area contributed by atoms with Crippen molar-refractivity contribution < 1.29 is 9.50 Å². The lowest BCUT2D eigenvalue weighted by molar-refractivity contribution is 0.254. The Balaban J connectivity index is 2.36. The summed E-state index contributed by atoms with van der Waals surface area (Å²) >= 11 is 3.28. The van der Waals surface area contributed by atoms with Gasteiger partial charge in [0, 0.05) is 13.1 Å². The van der Waals surface area contributed by atoms with Crippen LogP contribution >= 0.6 is 15.9 Å². The van der Waals surface area contributed by atoms with Crippen molar-refractivity contribution in [1.82, 2.24) is 0 Å². The van der Waals surface area contributed by atoms with Crippen molar-refractivity contribution in [2.45, 2.75) is 38.3 Å². The van der Waals surface area contributed by atoms with E-state index >= 15 is 0 Å². The number of halogens is 2. The van der Waals surface area contributed by atoms with Gasteiger partial charge in [-0.1, -0.05) is 18.9 Å². The molecule has 3 nitrogen and oxygen atoms in total. The Labute approximate surface area is 121 Å². The van der Waals surface area contributed by atoms with Gasteiger partial charge in [0.2, 0.25) is 0 Å². The largest absolute Gasteiger partial charge is 0.394 e. The molecular formula is C14H20BrFN2O. The van der Waals surface area contributed by atoms with Gasteiger partial charge >= 0.3 is 0 Å². The third kappa shape index (κ3) is 3.09. The van der Waals surface area contributed by atoms with Crippen LogP contribution in [-0.2, 0) is 6.54 Å². The van der Waals surface area contributed by atoms with E-state index in [0.717, 1.165) is 37.8 Å². The molecule has 1 unspecified atom stereocenters. The first-order chi connectivity index (χ1) is 9.19. The Morgan fingerprint density at radius 3 is 2.84 bits per heavy atom. The lowest BCUT2D eigenvalue weighted by atomic mass is 10.1. The van der Waals surface area contributed by atoms with Crippen LogP contribution in [0.25, 0.3) is 0 Å². The molecule has 0 saturated carbocycles. The number of benzene rings is 1. The van der Waals surface area contributed by atoms with E-state index in [1.54, 1.807) is 6.07 Å². The highest BCUT2D eigenvalue weighted by molar-refractivity contribution is 9.10. The SMILES string of the molecule is NCc1ccc(N2CCCCCC2CO)c(F)c1Br. The zero-order valence-corrected chi connectivity index (χ0v) is 12.5. The predicted molar refractivity (Wildman–Crippen MR) is 78.7 cm³/mol. The Bertz CT molecular complexity index is 442. The molecule has 0 radical (unpaired) electrons. The molecule has 1 atom stereocenters. The van der Waals surface area contributed by atoms with Gasteiger partial charge in [-0.2, -0.15) is 0 Å². The lowest BCUT2D eigenvalue weighted by Crippen LogP contribution is -2.38. The summed E-state index contributed by atoms with van der Waals surface area (Å²) < 4.78 is 14.9. The third-order valence-corrected chi connectivity index (χ3v) is 4.62. The zero-order valence-electron chi connectivity index (χ0n) is 10.9. The maximum atomic E-state index is 14.5. The normalized spacial score (nSPS) is 20.4. The molecule has 2 rings (SSSR count). The van der Waals surface area contributed by atoms with Gasteiger partial charge in [0.25, 0.3) is 0 Å². The summed E-state index contributed by atoms with van der Waals surface area (Å²) in [6.07, 6.45) is 4.17. The quantitative estimate of drug-likeness (QED) is 0.895. The second-order valence-corrected chi connectivity index (χ2v) is 5.75. The molecule has 1 heterocycles. The number of hydrogen-bond donors (Lipinski definition) is 2. The van der Waals surface area contributed by atoms with Gasteiger partial charge in [0.05, 0.1) is 22.8 Å². The summed E-state index contributed by atoms with van der Waals surface area (Å²) in [7, 11) is 0. The van der Waals surface area contributed by atoms with Gasteiger partial charge in [-0.05, 0) is 40.4 Å². The van der Waals surface area contributed by atoms with Crippen LogP contribution in [0.2, 0.25) is 0 Å². The fraction of sp³-hybridized carbons (Fsp3) is 0.571. The Morgan fingerprint density at radius 1 is 1.37 bits per heavy atom. The molecular weight excluding hydrogens is 311 g/mol. The summed E-state index contributed by atoms with van der Waals surface area (Å²) in [5.41, 5.74) is 6.90. The number of nitrogens with two attached hydrogens (primary N) is 1. The van der Waals surface area contributed by atoms with E-state index < -0.39 is 0 Å². The molecule has 0 spiro atoms. The van der Waals surface area contributed by atoms with E-state index in [4.69, 9.17) is 5.73 Å². The summed E-state index contributed by atoms with van der Waals surface area (Å²) in [6.45, 7) is 1.16. The van der Waals surface area contributed by atoms with Gasteiger partial charge in [-0.3, -0.25) is 0 Å². The maximum absolute atomic E-state index is 14.5. The number of hydrogen-bond acceptors (Lipinski definition) is 3. The van der Waals surface area contributed by atoms with Crippen LogP contribution in [0, 0.1) is 5.82 Å². The fourth-order valence-corrected chi connectivity index (χ4v) is 3.14. The van der Waals surface area contributed by atoms with Crippen LogP contribution in [0.4, 0.5) is 10.1 Å². The molecule has 106 valence electrons. The highest BCUT2D eigenvalue weighted by Crippen LogP contribution is 2.32. The van der Waals surface area contributed by atoms with E-state index in [1.165, 1.54) is 0 Å². The summed E-state index contributed by atoms with van der Waals surface area (Å²) in [6, 6.07) is 3.63. The van der Waals surface area contributed by atoms with Crippen molar-refractivity contribution >= 4 is 21.6 Å². The first kappa shape index (κ1) is 14.8. The molecule has 0 aliphatic carbocycles. The molecule has 1 aliphatic heterocycles. The monoisotopic (exact) mass is 330 g/mol.